The second kappa shape index (κ2) is 5.28. The topological polar surface area (TPSA) is 89.9 Å². The second-order valence-electron chi connectivity index (χ2n) is 4.87. The van der Waals surface area contributed by atoms with Crippen molar-refractivity contribution in [1.29, 1.82) is 0 Å². The van der Waals surface area contributed by atoms with Crippen LogP contribution in [-0.4, -0.2) is 38.7 Å². The van der Waals surface area contributed by atoms with Crippen molar-refractivity contribution < 1.29 is 4.79 Å². The molecule has 0 bridgehead atoms. The number of aromatic nitrogens is 4. The molecule has 0 aliphatic carbocycles. The van der Waals surface area contributed by atoms with Crippen molar-refractivity contribution >= 4 is 11.6 Å². The summed E-state index contributed by atoms with van der Waals surface area (Å²) in [6, 6.07) is 2.10. The minimum absolute atomic E-state index is 0.264. The lowest BCUT2D eigenvalue weighted by Gasteiger charge is -2.34. The number of carbonyl (C=O) groups excluding carboxylic acids is 1. The summed E-state index contributed by atoms with van der Waals surface area (Å²) < 4.78 is 1.87. The highest BCUT2D eigenvalue weighted by Crippen LogP contribution is 2.27. The maximum absolute atomic E-state index is 11.5. The van der Waals surface area contributed by atoms with Crippen LogP contribution in [0.15, 0.2) is 31.1 Å². The minimum atomic E-state index is -0.448. The van der Waals surface area contributed by atoms with Crippen LogP contribution >= 0.6 is 0 Å². The number of rotatable bonds is 3. The van der Waals surface area contributed by atoms with Crippen LogP contribution < -0.4 is 10.6 Å². The summed E-state index contributed by atoms with van der Waals surface area (Å²) in [5, 5.41) is 4.20. The summed E-state index contributed by atoms with van der Waals surface area (Å²) in [7, 11) is 0. The Morgan fingerprint density at radius 3 is 3.05 bits per heavy atom. The third kappa shape index (κ3) is 2.34. The Hall–Kier alpha value is -2.44. The van der Waals surface area contributed by atoms with Gasteiger partial charge in [0, 0.05) is 25.5 Å². The van der Waals surface area contributed by atoms with Crippen LogP contribution in [0.3, 0.4) is 0 Å². The summed E-state index contributed by atoms with van der Waals surface area (Å²) in [6.07, 6.45) is 8.56. The minimum Gasteiger partial charge on any atom is -0.369 e. The molecule has 1 amide bonds. The molecule has 1 atom stereocenters. The molecule has 0 aromatic carbocycles. The zero-order chi connectivity index (χ0) is 13.9. The quantitative estimate of drug-likeness (QED) is 0.884. The normalized spacial score (nSPS) is 19.0. The van der Waals surface area contributed by atoms with Crippen molar-refractivity contribution in [2.45, 2.75) is 18.9 Å². The van der Waals surface area contributed by atoms with Crippen LogP contribution in [0.1, 0.15) is 29.2 Å². The summed E-state index contributed by atoms with van der Waals surface area (Å²) in [6.45, 7) is 1.68. The Morgan fingerprint density at radius 2 is 2.30 bits per heavy atom. The molecule has 1 unspecified atom stereocenters. The lowest BCUT2D eigenvalue weighted by molar-refractivity contribution is 0.100. The fraction of sp³-hybridized carbons (Fsp3) is 0.385. The molecule has 1 aliphatic heterocycles. The fourth-order valence-corrected chi connectivity index (χ4v) is 2.65. The van der Waals surface area contributed by atoms with E-state index in [-0.39, 0.29) is 6.04 Å². The number of primary amides is 1. The Balaban J connectivity index is 1.86. The highest BCUT2D eigenvalue weighted by atomic mass is 16.1. The van der Waals surface area contributed by atoms with Gasteiger partial charge in [0.25, 0.3) is 5.91 Å². The van der Waals surface area contributed by atoms with Gasteiger partial charge in [-0.2, -0.15) is 5.10 Å². The molecule has 3 rings (SSSR count). The zero-order valence-electron chi connectivity index (χ0n) is 11.0. The highest BCUT2D eigenvalue weighted by Gasteiger charge is 2.24. The van der Waals surface area contributed by atoms with Gasteiger partial charge in [-0.3, -0.25) is 9.78 Å². The summed E-state index contributed by atoms with van der Waals surface area (Å²) in [5.74, 6) is -0.448. The van der Waals surface area contributed by atoms with Gasteiger partial charge < -0.3 is 10.6 Å². The largest absolute Gasteiger partial charge is 0.369 e. The molecule has 7 heteroatoms. The van der Waals surface area contributed by atoms with Gasteiger partial charge in [0.1, 0.15) is 12.7 Å². The number of carbonyl (C=O) groups is 1. The van der Waals surface area contributed by atoms with Crippen LogP contribution in [0.2, 0.25) is 0 Å². The molecule has 20 heavy (non-hydrogen) atoms. The average molecular weight is 272 g/mol. The lowest BCUT2D eigenvalue weighted by atomic mass is 10.0. The second-order valence-corrected chi connectivity index (χ2v) is 4.87. The van der Waals surface area contributed by atoms with Crippen molar-refractivity contribution in [3.8, 4) is 0 Å². The number of hydrogen-bond donors (Lipinski definition) is 1. The van der Waals surface area contributed by atoms with E-state index in [1.807, 2.05) is 10.7 Å². The maximum Gasteiger partial charge on any atom is 0.252 e. The third-order valence-electron chi connectivity index (χ3n) is 3.61. The molecule has 3 heterocycles. The molecule has 1 saturated heterocycles. The zero-order valence-corrected chi connectivity index (χ0v) is 11.0. The molecule has 2 aromatic rings. The number of anilines is 1. The first-order chi connectivity index (χ1) is 9.75. The van der Waals surface area contributed by atoms with E-state index < -0.39 is 5.91 Å². The van der Waals surface area contributed by atoms with Gasteiger partial charge >= 0.3 is 0 Å². The predicted molar refractivity (Wildman–Crippen MR) is 73.3 cm³/mol. The Morgan fingerprint density at radius 1 is 1.40 bits per heavy atom. The predicted octanol–water partition coefficient (Wildman–Crippen LogP) is 0.613. The summed E-state index contributed by atoms with van der Waals surface area (Å²) in [5.41, 5.74) is 6.73. The Kier molecular flexibility index (Phi) is 3.32. The molecule has 1 fully saturated rings. The van der Waals surface area contributed by atoms with Gasteiger partial charge in [-0.25, -0.2) is 9.67 Å². The monoisotopic (exact) mass is 272 g/mol. The number of nitrogens with zero attached hydrogens (tertiary/aromatic N) is 5. The van der Waals surface area contributed by atoms with Gasteiger partial charge in [0.15, 0.2) is 0 Å². The smallest absolute Gasteiger partial charge is 0.252 e. The molecule has 0 saturated carbocycles. The van der Waals surface area contributed by atoms with E-state index in [0.29, 0.717) is 5.56 Å². The van der Waals surface area contributed by atoms with E-state index in [1.165, 1.54) is 6.20 Å². The SMILES string of the molecule is NC(=O)c1cnccc1N1CCCC(n2cncn2)C1. The highest BCUT2D eigenvalue weighted by molar-refractivity contribution is 5.98. The van der Waals surface area contributed by atoms with Gasteiger partial charge in [0.05, 0.1) is 17.3 Å². The Labute approximate surface area is 116 Å². The number of pyridine rings is 1. The van der Waals surface area contributed by atoms with Crippen LogP contribution in [0.4, 0.5) is 5.69 Å². The van der Waals surface area contributed by atoms with Crippen molar-refractivity contribution in [1.82, 2.24) is 19.7 Å². The first kappa shape index (κ1) is 12.6. The van der Waals surface area contributed by atoms with Crippen LogP contribution in [0, 0.1) is 0 Å². The van der Waals surface area contributed by atoms with Crippen LogP contribution in [0.5, 0.6) is 0 Å². The van der Waals surface area contributed by atoms with Gasteiger partial charge in [-0.05, 0) is 18.9 Å². The van der Waals surface area contributed by atoms with Crippen molar-refractivity contribution in [2.24, 2.45) is 5.73 Å². The van der Waals surface area contributed by atoms with Crippen molar-refractivity contribution in [3.05, 3.63) is 36.7 Å². The van der Waals surface area contributed by atoms with Crippen LogP contribution in [-0.2, 0) is 0 Å². The molecular formula is C13H16N6O. The molecule has 0 spiro atoms. The summed E-state index contributed by atoms with van der Waals surface area (Å²) >= 11 is 0. The Bertz CT molecular complexity index is 597. The first-order valence-electron chi connectivity index (χ1n) is 6.58. The molecule has 1 aliphatic rings. The van der Waals surface area contributed by atoms with E-state index >= 15 is 0 Å². The van der Waals surface area contributed by atoms with Gasteiger partial charge in [0.2, 0.25) is 0 Å². The maximum atomic E-state index is 11.5. The molecule has 0 radical (unpaired) electrons. The molecule has 2 aromatic heterocycles. The fourth-order valence-electron chi connectivity index (χ4n) is 2.65. The molecule has 2 N–H and O–H groups in total. The van der Waals surface area contributed by atoms with Gasteiger partial charge in [-0.15, -0.1) is 0 Å². The molecule has 7 nitrogen and oxygen atoms in total. The number of hydrogen-bond acceptors (Lipinski definition) is 5. The van der Waals surface area contributed by atoms with Crippen molar-refractivity contribution in [3.63, 3.8) is 0 Å². The van der Waals surface area contributed by atoms with E-state index in [4.69, 9.17) is 5.73 Å². The summed E-state index contributed by atoms with van der Waals surface area (Å²) in [4.78, 5) is 21.6. The van der Waals surface area contributed by atoms with E-state index in [0.717, 1.165) is 31.6 Å². The average Bonchev–Trinajstić information content (AvgIpc) is 3.01. The van der Waals surface area contributed by atoms with Gasteiger partial charge in [-0.1, -0.05) is 0 Å². The van der Waals surface area contributed by atoms with E-state index in [2.05, 4.69) is 20.0 Å². The third-order valence-corrected chi connectivity index (χ3v) is 3.61. The number of amides is 1. The first-order valence-corrected chi connectivity index (χ1v) is 6.58. The standard InChI is InChI=1S/C13H16N6O/c14-13(20)11-6-15-4-3-12(11)18-5-1-2-10(7-18)19-9-16-8-17-19/h3-4,6,8-10H,1-2,5,7H2,(H2,14,20). The molecular weight excluding hydrogens is 256 g/mol. The van der Waals surface area contributed by atoms with E-state index in [1.54, 1.807) is 18.9 Å². The van der Waals surface area contributed by atoms with Crippen LogP contribution in [0.25, 0.3) is 0 Å². The van der Waals surface area contributed by atoms with Crippen molar-refractivity contribution in [2.75, 3.05) is 18.0 Å². The lowest BCUT2D eigenvalue weighted by Crippen LogP contribution is -2.38. The number of piperidine rings is 1. The number of nitrogens with two attached hydrogens (primary N) is 1. The van der Waals surface area contributed by atoms with E-state index in [9.17, 15) is 4.79 Å². The molecule has 104 valence electrons.